The zero-order valence-electron chi connectivity index (χ0n) is 9.57. The molecule has 0 aliphatic heterocycles. The van der Waals surface area contributed by atoms with E-state index >= 15 is 0 Å². The Morgan fingerprint density at radius 3 is 2.93 bits per heavy atom. The number of aromatic nitrogens is 1. The van der Waals surface area contributed by atoms with Gasteiger partial charge in [-0.05, 0) is 25.5 Å². The zero-order chi connectivity index (χ0) is 11.3. The number of hydrogen-bond acceptors (Lipinski definition) is 3. The third-order valence-electron chi connectivity index (χ3n) is 2.63. The molecule has 0 bridgehead atoms. The van der Waals surface area contributed by atoms with Crippen molar-refractivity contribution >= 4 is 5.69 Å². The third kappa shape index (κ3) is 2.95. The molecule has 1 rings (SSSR count). The molecule has 0 spiro atoms. The summed E-state index contributed by atoms with van der Waals surface area (Å²) in [7, 11) is 2.05. The van der Waals surface area contributed by atoms with Crippen LogP contribution in [0.3, 0.4) is 0 Å². The van der Waals surface area contributed by atoms with Gasteiger partial charge in [-0.15, -0.1) is 0 Å². The lowest BCUT2D eigenvalue weighted by molar-refractivity contribution is 0.616. The van der Waals surface area contributed by atoms with Crippen molar-refractivity contribution in [2.45, 2.75) is 32.7 Å². The van der Waals surface area contributed by atoms with Crippen LogP contribution in [0.4, 0.5) is 5.69 Å². The van der Waals surface area contributed by atoms with Gasteiger partial charge in [0.25, 0.3) is 0 Å². The van der Waals surface area contributed by atoms with E-state index in [9.17, 15) is 0 Å². The molecule has 1 aromatic heterocycles. The minimum absolute atomic E-state index is 0.475. The van der Waals surface area contributed by atoms with Crippen LogP contribution in [0.2, 0.25) is 0 Å². The van der Waals surface area contributed by atoms with E-state index in [1.165, 1.54) is 6.42 Å². The first-order valence-corrected chi connectivity index (χ1v) is 5.28. The molecule has 0 saturated carbocycles. The van der Waals surface area contributed by atoms with E-state index < -0.39 is 0 Å². The molecule has 15 heavy (non-hydrogen) atoms. The molecule has 1 aromatic rings. The Morgan fingerprint density at radius 2 is 2.33 bits per heavy atom. The Balaban J connectivity index is 2.82. The molecule has 80 valence electrons. The van der Waals surface area contributed by atoms with Crippen molar-refractivity contribution in [3.8, 4) is 6.07 Å². The monoisotopic (exact) mass is 203 g/mol. The Kier molecular flexibility index (Phi) is 4.11. The highest BCUT2D eigenvalue weighted by Gasteiger charge is 2.09. The van der Waals surface area contributed by atoms with Crippen molar-refractivity contribution < 1.29 is 0 Å². The van der Waals surface area contributed by atoms with E-state index in [0.29, 0.717) is 11.7 Å². The SMILES string of the molecule is CCCC(C)N(C)c1ccnc(C#N)c1. The Morgan fingerprint density at radius 1 is 1.60 bits per heavy atom. The lowest BCUT2D eigenvalue weighted by Gasteiger charge is -2.26. The summed E-state index contributed by atoms with van der Waals surface area (Å²) in [6.45, 7) is 4.37. The van der Waals surface area contributed by atoms with Gasteiger partial charge in [0.15, 0.2) is 0 Å². The van der Waals surface area contributed by atoms with Crippen LogP contribution < -0.4 is 4.90 Å². The molecule has 0 amide bonds. The minimum Gasteiger partial charge on any atom is -0.372 e. The average molecular weight is 203 g/mol. The lowest BCUT2D eigenvalue weighted by atomic mass is 10.1. The maximum atomic E-state index is 8.75. The number of hydrogen-bond donors (Lipinski definition) is 0. The standard InChI is InChI=1S/C12H17N3/c1-4-5-10(2)15(3)12-6-7-14-11(8-12)9-13/h6-8,10H,4-5H2,1-3H3. The van der Waals surface area contributed by atoms with E-state index in [-0.39, 0.29) is 0 Å². The summed E-state index contributed by atoms with van der Waals surface area (Å²) in [5.41, 5.74) is 1.53. The quantitative estimate of drug-likeness (QED) is 0.755. The fraction of sp³-hybridized carbons (Fsp3) is 0.500. The topological polar surface area (TPSA) is 39.9 Å². The van der Waals surface area contributed by atoms with Crippen LogP contribution in [0.5, 0.6) is 0 Å². The molecule has 3 heteroatoms. The number of pyridine rings is 1. The molecule has 1 unspecified atom stereocenters. The second kappa shape index (κ2) is 5.35. The van der Waals surface area contributed by atoms with E-state index in [4.69, 9.17) is 5.26 Å². The number of rotatable bonds is 4. The van der Waals surface area contributed by atoms with Crippen LogP contribution in [0.15, 0.2) is 18.3 Å². The summed E-state index contributed by atoms with van der Waals surface area (Å²) in [5, 5.41) is 8.75. The fourth-order valence-corrected chi connectivity index (χ4v) is 1.57. The molecular weight excluding hydrogens is 186 g/mol. The highest BCUT2D eigenvalue weighted by atomic mass is 15.1. The van der Waals surface area contributed by atoms with E-state index in [1.807, 2.05) is 12.1 Å². The van der Waals surface area contributed by atoms with Crippen molar-refractivity contribution in [3.05, 3.63) is 24.0 Å². The molecule has 0 saturated heterocycles. The molecule has 0 radical (unpaired) electrons. The van der Waals surface area contributed by atoms with Crippen molar-refractivity contribution in [2.24, 2.45) is 0 Å². The summed E-state index contributed by atoms with van der Waals surface area (Å²) in [5.74, 6) is 0. The van der Waals surface area contributed by atoms with Gasteiger partial charge in [0, 0.05) is 25.0 Å². The normalized spacial score (nSPS) is 11.9. The summed E-state index contributed by atoms with van der Waals surface area (Å²) in [6, 6.07) is 6.31. The van der Waals surface area contributed by atoms with Gasteiger partial charge in [0.2, 0.25) is 0 Å². The second-order valence-corrected chi connectivity index (χ2v) is 3.76. The van der Waals surface area contributed by atoms with Crippen molar-refractivity contribution in [2.75, 3.05) is 11.9 Å². The van der Waals surface area contributed by atoms with Crippen molar-refractivity contribution in [1.29, 1.82) is 5.26 Å². The maximum absolute atomic E-state index is 8.75. The lowest BCUT2D eigenvalue weighted by Crippen LogP contribution is -2.28. The predicted octanol–water partition coefficient (Wildman–Crippen LogP) is 2.58. The molecule has 3 nitrogen and oxygen atoms in total. The maximum Gasteiger partial charge on any atom is 0.142 e. The van der Waals surface area contributed by atoms with Crippen LogP contribution in [0.1, 0.15) is 32.4 Å². The van der Waals surface area contributed by atoms with Gasteiger partial charge >= 0.3 is 0 Å². The summed E-state index contributed by atoms with van der Waals surface area (Å²) in [6.07, 6.45) is 4.01. The summed E-state index contributed by atoms with van der Waals surface area (Å²) >= 11 is 0. The highest BCUT2D eigenvalue weighted by molar-refractivity contribution is 5.48. The van der Waals surface area contributed by atoms with Gasteiger partial charge in [0.05, 0.1) is 0 Å². The predicted molar refractivity (Wildman–Crippen MR) is 61.7 cm³/mol. The molecule has 0 aliphatic carbocycles. The molecule has 0 aromatic carbocycles. The van der Waals surface area contributed by atoms with E-state index in [1.54, 1.807) is 6.20 Å². The van der Waals surface area contributed by atoms with E-state index in [2.05, 4.69) is 36.8 Å². The Hall–Kier alpha value is -1.56. The number of nitrogens with zero attached hydrogens (tertiary/aromatic N) is 3. The fourth-order valence-electron chi connectivity index (χ4n) is 1.57. The molecule has 0 N–H and O–H groups in total. The van der Waals surface area contributed by atoms with Crippen molar-refractivity contribution in [3.63, 3.8) is 0 Å². The number of anilines is 1. The van der Waals surface area contributed by atoms with Crippen LogP contribution in [0, 0.1) is 11.3 Å². The van der Waals surface area contributed by atoms with Crippen LogP contribution >= 0.6 is 0 Å². The molecule has 0 aliphatic rings. The first-order chi connectivity index (χ1) is 7.19. The van der Waals surface area contributed by atoms with Gasteiger partial charge < -0.3 is 4.90 Å². The Bertz CT molecular complexity index is 354. The van der Waals surface area contributed by atoms with Gasteiger partial charge in [-0.1, -0.05) is 13.3 Å². The zero-order valence-corrected chi connectivity index (χ0v) is 9.57. The smallest absolute Gasteiger partial charge is 0.142 e. The summed E-state index contributed by atoms with van der Waals surface area (Å²) < 4.78 is 0. The minimum atomic E-state index is 0.475. The molecule has 0 fully saturated rings. The summed E-state index contributed by atoms with van der Waals surface area (Å²) in [4.78, 5) is 6.14. The largest absolute Gasteiger partial charge is 0.372 e. The second-order valence-electron chi connectivity index (χ2n) is 3.76. The molecule has 1 atom stereocenters. The first kappa shape index (κ1) is 11.5. The Labute approximate surface area is 91.4 Å². The molecule has 1 heterocycles. The first-order valence-electron chi connectivity index (χ1n) is 5.28. The van der Waals surface area contributed by atoms with Gasteiger partial charge in [-0.3, -0.25) is 0 Å². The van der Waals surface area contributed by atoms with Crippen LogP contribution in [0.25, 0.3) is 0 Å². The number of nitriles is 1. The molecular formula is C12H17N3. The van der Waals surface area contributed by atoms with E-state index in [0.717, 1.165) is 12.1 Å². The van der Waals surface area contributed by atoms with Gasteiger partial charge in [-0.25, -0.2) is 4.98 Å². The third-order valence-corrected chi connectivity index (χ3v) is 2.63. The van der Waals surface area contributed by atoms with Gasteiger partial charge in [0.1, 0.15) is 11.8 Å². The van der Waals surface area contributed by atoms with Crippen LogP contribution in [-0.2, 0) is 0 Å². The highest BCUT2D eigenvalue weighted by Crippen LogP contribution is 2.17. The van der Waals surface area contributed by atoms with Crippen LogP contribution in [-0.4, -0.2) is 18.1 Å². The van der Waals surface area contributed by atoms with Gasteiger partial charge in [-0.2, -0.15) is 5.26 Å². The average Bonchev–Trinajstić information content (AvgIpc) is 2.28. The van der Waals surface area contributed by atoms with Crippen molar-refractivity contribution in [1.82, 2.24) is 4.98 Å².